The lowest BCUT2D eigenvalue weighted by atomic mass is 10.2. The maximum absolute atomic E-state index is 13.7. The fraction of sp³-hybridized carbons (Fsp3) is 0.0968. The highest BCUT2D eigenvalue weighted by Gasteiger charge is 2.35. The summed E-state index contributed by atoms with van der Waals surface area (Å²) in [5.74, 6) is 0.476. The van der Waals surface area contributed by atoms with Crippen molar-refractivity contribution in [3.8, 4) is 5.75 Å². The number of hydrogen-bond acceptors (Lipinski definition) is 4. The van der Waals surface area contributed by atoms with Gasteiger partial charge in [-0.2, -0.15) is 0 Å². The van der Waals surface area contributed by atoms with E-state index < -0.39 is 0 Å². The first-order valence-electron chi connectivity index (χ1n) is 12.1. The minimum atomic E-state index is -0.195. The molecule has 39 heavy (non-hydrogen) atoms. The van der Waals surface area contributed by atoms with E-state index >= 15 is 0 Å². The summed E-state index contributed by atoms with van der Waals surface area (Å²) in [4.78, 5) is 20.6. The van der Waals surface area contributed by atoms with Gasteiger partial charge >= 0.3 is 0 Å². The van der Waals surface area contributed by atoms with Gasteiger partial charge in [0.05, 0.1) is 16.3 Å². The maximum atomic E-state index is 13.7. The lowest BCUT2D eigenvalue weighted by molar-refractivity contribution is -0.113. The third kappa shape index (κ3) is 6.34. The van der Waals surface area contributed by atoms with Crippen molar-refractivity contribution in [3.63, 3.8) is 0 Å². The van der Waals surface area contributed by atoms with Crippen LogP contribution in [0.1, 0.15) is 22.3 Å². The lowest BCUT2D eigenvalue weighted by Gasteiger charge is -2.16. The summed E-state index contributed by atoms with van der Waals surface area (Å²) in [7, 11) is 0. The largest absolute Gasteiger partial charge is 0.489 e. The SMILES string of the molecule is Cc1ccc(N=C2S/C(=C\c3cccc(OCc4ccccc4Cl)c3)C(=O)N2c2ccc(C)c(Cl)c2)cc1Cl. The number of carbonyl (C=O) groups excluding carboxylic acids is 1. The van der Waals surface area contributed by atoms with Gasteiger partial charge in [-0.05, 0) is 90.8 Å². The van der Waals surface area contributed by atoms with Crippen LogP contribution in [0.15, 0.2) is 94.8 Å². The molecule has 0 aromatic heterocycles. The van der Waals surface area contributed by atoms with Gasteiger partial charge in [-0.15, -0.1) is 0 Å². The predicted molar refractivity (Wildman–Crippen MR) is 165 cm³/mol. The van der Waals surface area contributed by atoms with Crippen molar-refractivity contribution in [3.05, 3.63) is 127 Å². The summed E-state index contributed by atoms with van der Waals surface area (Å²) in [5.41, 5.74) is 4.89. The van der Waals surface area contributed by atoms with Crippen LogP contribution in [0, 0.1) is 13.8 Å². The Hall–Kier alpha value is -3.22. The molecule has 1 saturated heterocycles. The normalized spacial score (nSPS) is 15.4. The van der Waals surface area contributed by atoms with Crippen LogP contribution in [0.3, 0.4) is 0 Å². The Balaban J connectivity index is 1.47. The van der Waals surface area contributed by atoms with Gasteiger partial charge < -0.3 is 4.74 Å². The van der Waals surface area contributed by atoms with E-state index in [1.165, 1.54) is 11.8 Å². The number of rotatable bonds is 6. The molecule has 0 atom stereocenters. The molecular formula is C31H23Cl3N2O2S. The van der Waals surface area contributed by atoms with E-state index in [1.807, 2.05) is 92.7 Å². The number of amides is 1. The van der Waals surface area contributed by atoms with Crippen LogP contribution in [0.2, 0.25) is 15.1 Å². The molecule has 4 aromatic rings. The zero-order valence-electron chi connectivity index (χ0n) is 21.1. The highest BCUT2D eigenvalue weighted by Crippen LogP contribution is 2.39. The zero-order chi connectivity index (χ0) is 27.5. The monoisotopic (exact) mass is 592 g/mol. The fourth-order valence-electron chi connectivity index (χ4n) is 3.88. The van der Waals surface area contributed by atoms with Crippen LogP contribution in [0.4, 0.5) is 11.4 Å². The minimum absolute atomic E-state index is 0.195. The number of aliphatic imine (C=N–C) groups is 1. The van der Waals surface area contributed by atoms with Gasteiger partial charge in [0.2, 0.25) is 0 Å². The summed E-state index contributed by atoms with van der Waals surface area (Å²) < 4.78 is 5.97. The van der Waals surface area contributed by atoms with Gasteiger partial charge in [0.25, 0.3) is 5.91 Å². The zero-order valence-corrected chi connectivity index (χ0v) is 24.2. The second-order valence-corrected chi connectivity index (χ2v) is 11.2. The summed E-state index contributed by atoms with van der Waals surface area (Å²) >= 11 is 20.3. The van der Waals surface area contributed by atoms with Gasteiger partial charge in [-0.1, -0.05) is 77.3 Å². The molecule has 4 nitrogen and oxygen atoms in total. The Labute approximate surface area is 246 Å². The predicted octanol–water partition coefficient (Wildman–Crippen LogP) is 9.65. The molecule has 1 aliphatic rings. The van der Waals surface area contributed by atoms with Crippen molar-refractivity contribution in [2.24, 2.45) is 4.99 Å². The second kappa shape index (κ2) is 11.9. The molecule has 0 N–H and O–H groups in total. The van der Waals surface area contributed by atoms with Crippen LogP contribution in [-0.2, 0) is 11.4 Å². The number of aryl methyl sites for hydroxylation is 2. The summed E-state index contributed by atoms with van der Waals surface area (Å²) in [5, 5.41) is 2.35. The lowest BCUT2D eigenvalue weighted by Crippen LogP contribution is -2.28. The molecular weight excluding hydrogens is 571 g/mol. The Bertz CT molecular complexity index is 1630. The number of benzene rings is 4. The number of thioether (sulfide) groups is 1. The second-order valence-electron chi connectivity index (χ2n) is 8.97. The number of nitrogens with zero attached hydrogens (tertiary/aromatic N) is 2. The molecule has 0 bridgehead atoms. The third-order valence-electron chi connectivity index (χ3n) is 6.11. The molecule has 1 aliphatic heterocycles. The van der Waals surface area contributed by atoms with Crippen molar-refractivity contribution in [1.29, 1.82) is 0 Å². The first-order chi connectivity index (χ1) is 18.8. The van der Waals surface area contributed by atoms with Crippen LogP contribution in [-0.4, -0.2) is 11.1 Å². The molecule has 0 radical (unpaired) electrons. The van der Waals surface area contributed by atoms with E-state index in [9.17, 15) is 4.79 Å². The van der Waals surface area contributed by atoms with E-state index in [0.717, 1.165) is 22.3 Å². The number of carbonyl (C=O) groups is 1. The Kier molecular flexibility index (Phi) is 8.34. The van der Waals surface area contributed by atoms with Crippen LogP contribution in [0.5, 0.6) is 5.75 Å². The van der Waals surface area contributed by atoms with Gasteiger partial charge in [0.15, 0.2) is 5.17 Å². The van der Waals surface area contributed by atoms with E-state index in [1.54, 1.807) is 17.0 Å². The van der Waals surface area contributed by atoms with Crippen LogP contribution >= 0.6 is 46.6 Å². The van der Waals surface area contributed by atoms with E-state index in [4.69, 9.17) is 44.5 Å². The summed E-state index contributed by atoms with van der Waals surface area (Å²) in [6.45, 7) is 4.19. The number of halogens is 3. The molecule has 4 aromatic carbocycles. The first kappa shape index (κ1) is 27.4. The molecule has 8 heteroatoms. The average molecular weight is 594 g/mol. The maximum Gasteiger partial charge on any atom is 0.271 e. The molecule has 0 spiro atoms. The van der Waals surface area contributed by atoms with E-state index in [-0.39, 0.29) is 5.91 Å². The fourth-order valence-corrected chi connectivity index (χ4v) is 5.42. The Morgan fingerprint density at radius 2 is 1.59 bits per heavy atom. The van der Waals surface area contributed by atoms with Crippen molar-refractivity contribution in [2.75, 3.05) is 4.90 Å². The topological polar surface area (TPSA) is 41.9 Å². The molecule has 0 unspecified atom stereocenters. The minimum Gasteiger partial charge on any atom is -0.489 e. The standard InChI is InChI=1S/C31H23Cl3N2O2S/c1-19-10-12-23(16-27(19)33)35-31-36(24-13-11-20(2)28(34)17-24)30(37)29(39-31)15-21-6-5-8-25(14-21)38-18-22-7-3-4-9-26(22)32/h3-17H,18H2,1-2H3/b29-15-,35-31?. The summed E-state index contributed by atoms with van der Waals surface area (Å²) in [6, 6.07) is 26.2. The number of anilines is 1. The highest BCUT2D eigenvalue weighted by atomic mass is 35.5. The van der Waals surface area contributed by atoms with Crippen molar-refractivity contribution in [2.45, 2.75) is 20.5 Å². The molecule has 196 valence electrons. The molecule has 1 fully saturated rings. The average Bonchev–Trinajstić information content (AvgIpc) is 3.21. The quantitative estimate of drug-likeness (QED) is 0.209. The first-order valence-corrected chi connectivity index (χ1v) is 14.0. The van der Waals surface area contributed by atoms with Gasteiger partial charge in [-0.25, -0.2) is 4.99 Å². The van der Waals surface area contributed by atoms with Crippen molar-refractivity contribution in [1.82, 2.24) is 0 Å². The van der Waals surface area contributed by atoms with E-state index in [2.05, 4.69) is 0 Å². The van der Waals surface area contributed by atoms with E-state index in [0.29, 0.717) is 48.9 Å². The molecule has 5 rings (SSSR count). The molecule has 0 saturated carbocycles. The van der Waals surface area contributed by atoms with Gasteiger partial charge in [0.1, 0.15) is 12.4 Å². The summed E-state index contributed by atoms with van der Waals surface area (Å²) in [6.07, 6.45) is 1.84. The van der Waals surface area contributed by atoms with Crippen LogP contribution < -0.4 is 9.64 Å². The smallest absolute Gasteiger partial charge is 0.271 e. The Morgan fingerprint density at radius 3 is 2.33 bits per heavy atom. The molecule has 1 heterocycles. The number of amidine groups is 1. The van der Waals surface area contributed by atoms with Crippen molar-refractivity contribution < 1.29 is 9.53 Å². The highest BCUT2D eigenvalue weighted by molar-refractivity contribution is 8.19. The molecule has 0 aliphatic carbocycles. The van der Waals surface area contributed by atoms with Gasteiger partial charge in [0, 0.05) is 20.6 Å². The van der Waals surface area contributed by atoms with Crippen LogP contribution in [0.25, 0.3) is 6.08 Å². The number of hydrogen-bond donors (Lipinski definition) is 0. The van der Waals surface area contributed by atoms with Gasteiger partial charge in [-0.3, -0.25) is 9.69 Å². The number of ether oxygens (including phenoxy) is 1. The Morgan fingerprint density at radius 1 is 0.846 bits per heavy atom. The van der Waals surface area contributed by atoms with Crippen molar-refractivity contribution >= 4 is 75.1 Å². The third-order valence-corrected chi connectivity index (χ3v) is 8.26. The molecule has 1 amide bonds.